The summed E-state index contributed by atoms with van der Waals surface area (Å²) in [7, 11) is 0. The van der Waals surface area contributed by atoms with Crippen LogP contribution in [0.25, 0.3) is 0 Å². The maximum absolute atomic E-state index is 12.0. The number of aromatic nitrogens is 4. The molecule has 0 saturated carbocycles. The standard InChI is InChI=1S/C13H15Cl2N5OS/c1-7(2)20-6-16-19-13(20)22-5-11(21)18-12-10(15)4-9(14)8(3)17-12/h4,6-7H,5H2,1-3H3,(H,17,18,21). The summed E-state index contributed by atoms with van der Waals surface area (Å²) in [4.78, 5) is 16.2. The topological polar surface area (TPSA) is 72.7 Å². The van der Waals surface area contributed by atoms with Gasteiger partial charge in [0.15, 0.2) is 11.0 Å². The third-order valence-electron chi connectivity index (χ3n) is 2.79. The number of halogens is 2. The predicted octanol–water partition coefficient (Wildman–Crippen LogP) is 3.60. The first kappa shape index (κ1) is 17.1. The van der Waals surface area contributed by atoms with Crippen molar-refractivity contribution in [2.75, 3.05) is 11.1 Å². The molecule has 0 aromatic carbocycles. The molecule has 0 aliphatic heterocycles. The van der Waals surface area contributed by atoms with E-state index in [4.69, 9.17) is 23.2 Å². The first-order valence-electron chi connectivity index (χ1n) is 6.53. The molecule has 2 rings (SSSR count). The summed E-state index contributed by atoms with van der Waals surface area (Å²) in [6, 6.07) is 1.79. The largest absolute Gasteiger partial charge is 0.309 e. The normalized spacial score (nSPS) is 11.0. The summed E-state index contributed by atoms with van der Waals surface area (Å²) >= 11 is 13.2. The minimum absolute atomic E-state index is 0.186. The number of carbonyl (C=O) groups is 1. The number of carbonyl (C=O) groups excluding carboxylic acids is 1. The number of nitrogens with zero attached hydrogens (tertiary/aromatic N) is 4. The number of amides is 1. The van der Waals surface area contributed by atoms with Crippen LogP contribution in [0, 0.1) is 6.92 Å². The van der Waals surface area contributed by atoms with Crippen molar-refractivity contribution in [2.45, 2.75) is 32.0 Å². The van der Waals surface area contributed by atoms with Gasteiger partial charge in [0.2, 0.25) is 5.91 Å². The molecule has 0 fully saturated rings. The number of anilines is 1. The van der Waals surface area contributed by atoms with Gasteiger partial charge in [-0.25, -0.2) is 4.98 Å². The van der Waals surface area contributed by atoms with Crippen LogP contribution >= 0.6 is 35.0 Å². The molecule has 1 amide bonds. The number of nitrogens with one attached hydrogen (secondary N) is 1. The Morgan fingerprint density at radius 2 is 2.14 bits per heavy atom. The zero-order chi connectivity index (χ0) is 16.3. The number of hydrogen-bond acceptors (Lipinski definition) is 5. The molecule has 0 atom stereocenters. The van der Waals surface area contributed by atoms with Crippen molar-refractivity contribution in [3.63, 3.8) is 0 Å². The van der Waals surface area contributed by atoms with E-state index < -0.39 is 0 Å². The van der Waals surface area contributed by atoms with Crippen LogP contribution in [0.5, 0.6) is 0 Å². The summed E-state index contributed by atoms with van der Waals surface area (Å²) in [5, 5.41) is 12.0. The van der Waals surface area contributed by atoms with Crippen LogP contribution in [0.3, 0.4) is 0 Å². The number of hydrogen-bond donors (Lipinski definition) is 1. The first-order chi connectivity index (χ1) is 10.4. The van der Waals surface area contributed by atoms with Gasteiger partial charge in [0.1, 0.15) is 6.33 Å². The lowest BCUT2D eigenvalue weighted by atomic mass is 10.3. The molecule has 2 heterocycles. The fourth-order valence-electron chi connectivity index (χ4n) is 1.63. The monoisotopic (exact) mass is 359 g/mol. The highest BCUT2D eigenvalue weighted by Crippen LogP contribution is 2.26. The van der Waals surface area contributed by atoms with E-state index in [0.717, 1.165) is 0 Å². The van der Waals surface area contributed by atoms with Crippen molar-refractivity contribution in [1.82, 2.24) is 19.7 Å². The highest BCUT2D eigenvalue weighted by atomic mass is 35.5. The maximum atomic E-state index is 12.0. The smallest absolute Gasteiger partial charge is 0.236 e. The maximum Gasteiger partial charge on any atom is 0.236 e. The van der Waals surface area contributed by atoms with Crippen molar-refractivity contribution < 1.29 is 4.79 Å². The van der Waals surface area contributed by atoms with Gasteiger partial charge in [0.05, 0.1) is 21.5 Å². The Balaban J connectivity index is 1.99. The van der Waals surface area contributed by atoms with Gasteiger partial charge in [-0.05, 0) is 26.8 Å². The number of pyridine rings is 1. The van der Waals surface area contributed by atoms with Gasteiger partial charge >= 0.3 is 0 Å². The van der Waals surface area contributed by atoms with Gasteiger partial charge in [-0.2, -0.15) is 0 Å². The lowest BCUT2D eigenvalue weighted by Gasteiger charge is -2.10. The van der Waals surface area contributed by atoms with E-state index >= 15 is 0 Å². The van der Waals surface area contributed by atoms with E-state index in [1.165, 1.54) is 11.8 Å². The third kappa shape index (κ3) is 4.12. The first-order valence-corrected chi connectivity index (χ1v) is 8.27. The van der Waals surface area contributed by atoms with Gasteiger partial charge in [-0.3, -0.25) is 4.79 Å². The van der Waals surface area contributed by atoms with Gasteiger partial charge < -0.3 is 9.88 Å². The number of rotatable bonds is 5. The summed E-state index contributed by atoms with van der Waals surface area (Å²) in [5.41, 5.74) is 0.605. The molecule has 1 N–H and O–H groups in total. The Hall–Kier alpha value is -1.31. The van der Waals surface area contributed by atoms with Crippen LogP contribution in [0.4, 0.5) is 5.82 Å². The number of thioether (sulfide) groups is 1. The molecule has 6 nitrogen and oxygen atoms in total. The second kappa shape index (κ2) is 7.30. The molecular formula is C13H15Cl2N5OS. The molecule has 22 heavy (non-hydrogen) atoms. The third-order valence-corrected chi connectivity index (χ3v) is 4.42. The Kier molecular flexibility index (Phi) is 5.66. The van der Waals surface area contributed by atoms with E-state index in [2.05, 4.69) is 20.5 Å². The molecular weight excluding hydrogens is 345 g/mol. The van der Waals surface area contributed by atoms with Crippen LogP contribution in [-0.4, -0.2) is 31.4 Å². The van der Waals surface area contributed by atoms with Gasteiger partial charge in [0, 0.05) is 6.04 Å². The van der Waals surface area contributed by atoms with Crippen LogP contribution in [0.1, 0.15) is 25.6 Å². The minimum Gasteiger partial charge on any atom is -0.309 e. The van der Waals surface area contributed by atoms with Gasteiger partial charge in [0.25, 0.3) is 0 Å². The zero-order valence-corrected chi connectivity index (χ0v) is 14.6. The summed E-state index contributed by atoms with van der Waals surface area (Å²) < 4.78 is 1.90. The molecule has 0 spiro atoms. The molecule has 0 radical (unpaired) electrons. The molecule has 0 bridgehead atoms. The average molecular weight is 360 g/mol. The van der Waals surface area contributed by atoms with Crippen LogP contribution < -0.4 is 5.32 Å². The SMILES string of the molecule is Cc1nc(NC(=O)CSc2nncn2C(C)C)c(Cl)cc1Cl. The zero-order valence-electron chi connectivity index (χ0n) is 12.3. The lowest BCUT2D eigenvalue weighted by molar-refractivity contribution is -0.113. The Bertz CT molecular complexity index is 689. The van der Waals surface area contributed by atoms with Gasteiger partial charge in [-0.15, -0.1) is 10.2 Å². The van der Waals surface area contributed by atoms with Crippen molar-refractivity contribution in [3.05, 3.63) is 28.1 Å². The second-order valence-electron chi connectivity index (χ2n) is 4.84. The molecule has 9 heteroatoms. The quantitative estimate of drug-likeness (QED) is 0.825. The van der Waals surface area contributed by atoms with E-state index in [1.54, 1.807) is 19.3 Å². The van der Waals surface area contributed by atoms with Crippen molar-refractivity contribution in [2.24, 2.45) is 0 Å². The van der Waals surface area contributed by atoms with Crippen molar-refractivity contribution >= 4 is 46.7 Å². The number of aryl methyl sites for hydroxylation is 1. The summed E-state index contributed by atoms with van der Waals surface area (Å²) in [6.07, 6.45) is 1.64. The highest BCUT2D eigenvalue weighted by Gasteiger charge is 2.13. The van der Waals surface area contributed by atoms with E-state index in [1.807, 2.05) is 18.4 Å². The van der Waals surface area contributed by atoms with Gasteiger partial charge in [-0.1, -0.05) is 35.0 Å². The molecule has 2 aromatic rings. The Labute approximate surface area is 142 Å². The highest BCUT2D eigenvalue weighted by molar-refractivity contribution is 7.99. The van der Waals surface area contributed by atoms with E-state index in [-0.39, 0.29) is 17.7 Å². The van der Waals surface area contributed by atoms with Crippen molar-refractivity contribution in [3.8, 4) is 0 Å². The minimum atomic E-state index is -0.223. The van der Waals surface area contributed by atoms with Crippen LogP contribution in [0.15, 0.2) is 17.6 Å². The lowest BCUT2D eigenvalue weighted by Crippen LogP contribution is -2.16. The molecule has 0 aliphatic carbocycles. The van der Waals surface area contributed by atoms with Crippen molar-refractivity contribution in [1.29, 1.82) is 0 Å². The second-order valence-corrected chi connectivity index (χ2v) is 6.59. The van der Waals surface area contributed by atoms with Crippen LogP contribution in [0.2, 0.25) is 10.0 Å². The molecule has 0 unspecified atom stereocenters. The van der Waals surface area contributed by atoms with E-state index in [9.17, 15) is 4.79 Å². The fourth-order valence-corrected chi connectivity index (χ4v) is 2.88. The van der Waals surface area contributed by atoms with E-state index in [0.29, 0.717) is 26.7 Å². The summed E-state index contributed by atoms with van der Waals surface area (Å²) in [5.74, 6) is 0.268. The Morgan fingerprint density at radius 1 is 1.41 bits per heavy atom. The molecule has 0 aliphatic rings. The predicted molar refractivity (Wildman–Crippen MR) is 88.8 cm³/mol. The average Bonchev–Trinajstić information content (AvgIpc) is 2.91. The molecule has 118 valence electrons. The fraction of sp³-hybridized carbons (Fsp3) is 0.385. The summed E-state index contributed by atoms with van der Waals surface area (Å²) in [6.45, 7) is 5.79. The molecule has 0 saturated heterocycles. The molecule has 2 aromatic heterocycles. The van der Waals surface area contributed by atoms with Crippen LogP contribution in [-0.2, 0) is 4.79 Å². The Morgan fingerprint density at radius 3 is 2.82 bits per heavy atom.